The third-order valence-electron chi connectivity index (χ3n) is 3.01. The maximum absolute atomic E-state index is 12.3. The zero-order valence-corrected chi connectivity index (χ0v) is 14.1. The van der Waals surface area contributed by atoms with E-state index in [-0.39, 0.29) is 19.1 Å². The molecule has 7 heteroatoms. The predicted molar refractivity (Wildman–Crippen MR) is 83.3 cm³/mol. The summed E-state index contributed by atoms with van der Waals surface area (Å²) in [5, 5.41) is 15.3. The van der Waals surface area contributed by atoms with Crippen LogP contribution in [-0.4, -0.2) is 61.0 Å². The quantitative estimate of drug-likeness (QED) is 0.298. The number of esters is 1. The van der Waals surface area contributed by atoms with Gasteiger partial charge in [0, 0.05) is 6.54 Å². The second-order valence-corrected chi connectivity index (χ2v) is 6.06. The van der Waals surface area contributed by atoms with Gasteiger partial charge in [0.05, 0.1) is 32.0 Å². The van der Waals surface area contributed by atoms with Crippen LogP contribution in [0.3, 0.4) is 0 Å². The summed E-state index contributed by atoms with van der Waals surface area (Å²) >= 11 is 0. The molecule has 0 aromatic carbocycles. The number of ether oxygens (including phenoxy) is 2. The first kappa shape index (κ1) is 20.6. The van der Waals surface area contributed by atoms with E-state index < -0.39 is 23.2 Å². The highest BCUT2D eigenvalue weighted by Gasteiger charge is 2.36. The zero-order valence-electron chi connectivity index (χ0n) is 14.1. The molecule has 1 unspecified atom stereocenters. The molecule has 0 aliphatic rings. The Morgan fingerprint density at radius 1 is 1.27 bits per heavy atom. The van der Waals surface area contributed by atoms with Gasteiger partial charge in [-0.2, -0.15) is 0 Å². The normalized spacial score (nSPS) is 13.4. The van der Waals surface area contributed by atoms with Gasteiger partial charge in [0.1, 0.15) is 5.54 Å². The molecule has 0 aromatic heterocycles. The zero-order chi connectivity index (χ0) is 17.4. The van der Waals surface area contributed by atoms with Crippen LogP contribution in [-0.2, 0) is 19.1 Å². The van der Waals surface area contributed by atoms with Gasteiger partial charge in [-0.3, -0.25) is 4.79 Å². The number of aliphatic hydroxyl groups excluding tert-OH is 1. The van der Waals surface area contributed by atoms with E-state index in [2.05, 4.69) is 21.9 Å². The Kier molecular flexibility index (Phi) is 8.29. The number of amides is 1. The molecule has 0 fully saturated rings. The van der Waals surface area contributed by atoms with E-state index in [9.17, 15) is 14.7 Å². The number of hydrogen-bond donors (Lipinski definition) is 3. The Morgan fingerprint density at radius 2 is 1.86 bits per heavy atom. The van der Waals surface area contributed by atoms with Gasteiger partial charge in [0.2, 0.25) is 5.91 Å². The molecule has 0 saturated carbocycles. The lowest BCUT2D eigenvalue weighted by Crippen LogP contribution is -2.61. The number of rotatable bonds is 10. The molecular formula is C15H28N2O5. The second kappa shape index (κ2) is 8.87. The van der Waals surface area contributed by atoms with Crippen LogP contribution >= 0.6 is 0 Å². The Morgan fingerprint density at radius 3 is 2.36 bits per heavy atom. The fourth-order valence-electron chi connectivity index (χ4n) is 1.55. The van der Waals surface area contributed by atoms with Crippen molar-refractivity contribution >= 4 is 11.9 Å². The minimum atomic E-state index is -1.13. The van der Waals surface area contributed by atoms with Gasteiger partial charge >= 0.3 is 5.97 Å². The SMILES string of the molecule is C=CCOCC(O)CNC(C)(C)C(=O)NC(C)(C)C(=O)OC. The van der Waals surface area contributed by atoms with Crippen molar-refractivity contribution in [1.29, 1.82) is 0 Å². The fourth-order valence-corrected chi connectivity index (χ4v) is 1.55. The van der Waals surface area contributed by atoms with E-state index in [0.717, 1.165) is 0 Å². The first-order valence-electron chi connectivity index (χ1n) is 7.09. The lowest BCUT2D eigenvalue weighted by Gasteiger charge is -2.31. The molecule has 0 saturated heterocycles. The fraction of sp³-hybridized carbons (Fsp3) is 0.733. The van der Waals surface area contributed by atoms with E-state index in [4.69, 9.17) is 4.74 Å². The van der Waals surface area contributed by atoms with Crippen molar-refractivity contribution < 1.29 is 24.2 Å². The number of carbonyl (C=O) groups excluding carboxylic acids is 2. The van der Waals surface area contributed by atoms with E-state index in [1.807, 2.05) is 0 Å². The molecule has 3 N–H and O–H groups in total. The molecule has 1 atom stereocenters. The highest BCUT2D eigenvalue weighted by Crippen LogP contribution is 2.09. The molecule has 0 aliphatic heterocycles. The van der Waals surface area contributed by atoms with Gasteiger partial charge in [-0.1, -0.05) is 6.08 Å². The Bertz CT molecular complexity index is 393. The molecule has 0 spiro atoms. The number of β-amino-alcohol motifs (C(OH)–C–C–N with tert-alkyl or cyclic N) is 1. The largest absolute Gasteiger partial charge is 0.467 e. The van der Waals surface area contributed by atoms with Gasteiger partial charge in [-0.05, 0) is 27.7 Å². The van der Waals surface area contributed by atoms with Crippen LogP contribution in [0.25, 0.3) is 0 Å². The van der Waals surface area contributed by atoms with Crippen LogP contribution in [0.2, 0.25) is 0 Å². The van der Waals surface area contributed by atoms with Crippen LogP contribution in [0.1, 0.15) is 27.7 Å². The summed E-state index contributed by atoms with van der Waals surface area (Å²) in [4.78, 5) is 23.9. The molecule has 128 valence electrons. The lowest BCUT2D eigenvalue weighted by molar-refractivity contribution is -0.150. The number of methoxy groups -OCH3 is 1. The number of hydrogen-bond acceptors (Lipinski definition) is 6. The molecule has 0 heterocycles. The third kappa shape index (κ3) is 7.02. The summed E-state index contributed by atoms with van der Waals surface area (Å²) in [5.41, 5.74) is -2.10. The Hall–Kier alpha value is -1.44. The van der Waals surface area contributed by atoms with Crippen molar-refractivity contribution in [3.8, 4) is 0 Å². The van der Waals surface area contributed by atoms with Crippen molar-refractivity contribution in [2.24, 2.45) is 0 Å². The van der Waals surface area contributed by atoms with E-state index in [1.54, 1.807) is 33.8 Å². The maximum Gasteiger partial charge on any atom is 0.330 e. The number of carbonyl (C=O) groups is 2. The summed E-state index contributed by atoms with van der Waals surface area (Å²) in [6, 6.07) is 0. The van der Waals surface area contributed by atoms with Gasteiger partial charge in [-0.25, -0.2) is 4.79 Å². The van der Waals surface area contributed by atoms with Crippen molar-refractivity contribution in [2.75, 3.05) is 26.9 Å². The van der Waals surface area contributed by atoms with E-state index in [1.165, 1.54) is 7.11 Å². The Balaban J connectivity index is 4.45. The van der Waals surface area contributed by atoms with Crippen molar-refractivity contribution in [2.45, 2.75) is 44.9 Å². The third-order valence-corrected chi connectivity index (χ3v) is 3.01. The Labute approximate surface area is 132 Å². The molecule has 0 bridgehead atoms. The number of nitrogens with one attached hydrogen (secondary N) is 2. The van der Waals surface area contributed by atoms with E-state index >= 15 is 0 Å². The van der Waals surface area contributed by atoms with E-state index in [0.29, 0.717) is 6.61 Å². The highest BCUT2D eigenvalue weighted by molar-refractivity contribution is 5.91. The molecule has 1 amide bonds. The summed E-state index contributed by atoms with van der Waals surface area (Å²) in [6.07, 6.45) is 0.840. The van der Waals surface area contributed by atoms with Gasteiger partial charge in [0.25, 0.3) is 0 Å². The lowest BCUT2D eigenvalue weighted by atomic mass is 9.99. The minimum absolute atomic E-state index is 0.143. The molecule has 0 radical (unpaired) electrons. The molecule has 0 aromatic rings. The molecule has 0 aliphatic carbocycles. The van der Waals surface area contributed by atoms with Crippen molar-refractivity contribution in [3.05, 3.63) is 12.7 Å². The topological polar surface area (TPSA) is 96.9 Å². The van der Waals surface area contributed by atoms with Crippen LogP contribution in [0.15, 0.2) is 12.7 Å². The van der Waals surface area contributed by atoms with Crippen LogP contribution in [0, 0.1) is 0 Å². The number of aliphatic hydroxyl groups is 1. The summed E-state index contributed by atoms with van der Waals surface area (Å²) in [7, 11) is 1.26. The van der Waals surface area contributed by atoms with Gasteiger partial charge in [0.15, 0.2) is 0 Å². The first-order chi connectivity index (χ1) is 10.1. The first-order valence-corrected chi connectivity index (χ1v) is 7.09. The summed E-state index contributed by atoms with van der Waals surface area (Å²) in [6.45, 7) is 10.6. The predicted octanol–water partition coefficient (Wildman–Crippen LogP) is -0.0141. The molecule has 22 heavy (non-hydrogen) atoms. The van der Waals surface area contributed by atoms with Crippen LogP contribution in [0.5, 0.6) is 0 Å². The van der Waals surface area contributed by atoms with Crippen molar-refractivity contribution in [1.82, 2.24) is 10.6 Å². The maximum atomic E-state index is 12.3. The van der Waals surface area contributed by atoms with Gasteiger partial charge < -0.3 is 25.2 Å². The molecular weight excluding hydrogens is 288 g/mol. The smallest absolute Gasteiger partial charge is 0.330 e. The van der Waals surface area contributed by atoms with Crippen LogP contribution < -0.4 is 10.6 Å². The average Bonchev–Trinajstić information content (AvgIpc) is 2.44. The molecule has 7 nitrogen and oxygen atoms in total. The highest BCUT2D eigenvalue weighted by atomic mass is 16.5. The molecule has 0 rings (SSSR count). The van der Waals surface area contributed by atoms with Crippen molar-refractivity contribution in [3.63, 3.8) is 0 Å². The monoisotopic (exact) mass is 316 g/mol. The minimum Gasteiger partial charge on any atom is -0.467 e. The standard InChI is InChI=1S/C15H28N2O5/c1-7-8-22-10-11(18)9-16-14(2,3)12(19)17-15(4,5)13(20)21-6/h7,11,16,18H,1,8-10H2,2-6H3,(H,17,19). The summed E-state index contributed by atoms with van der Waals surface area (Å²) < 4.78 is 9.77. The average molecular weight is 316 g/mol. The second-order valence-electron chi connectivity index (χ2n) is 6.06. The van der Waals surface area contributed by atoms with Crippen LogP contribution in [0.4, 0.5) is 0 Å². The summed E-state index contributed by atoms with van der Waals surface area (Å²) in [5.74, 6) is -0.906. The van der Waals surface area contributed by atoms with Gasteiger partial charge in [-0.15, -0.1) is 6.58 Å².